The third-order valence-corrected chi connectivity index (χ3v) is 2.12. The van der Waals surface area contributed by atoms with Crippen molar-refractivity contribution in [3.05, 3.63) is 0 Å². The Morgan fingerprint density at radius 2 is 2.29 bits per heavy atom. The van der Waals surface area contributed by atoms with Crippen LogP contribution in [0.4, 0.5) is 0 Å². The zero-order valence-electron chi connectivity index (χ0n) is 7.95. The number of piperazine rings is 1. The van der Waals surface area contributed by atoms with E-state index in [2.05, 4.69) is 5.32 Å². The van der Waals surface area contributed by atoms with Crippen LogP contribution in [0.3, 0.4) is 0 Å². The minimum atomic E-state index is -0.618. The molecule has 3 amide bonds. The van der Waals surface area contributed by atoms with E-state index in [4.69, 9.17) is 5.73 Å². The van der Waals surface area contributed by atoms with Crippen LogP contribution in [0.5, 0.6) is 0 Å². The van der Waals surface area contributed by atoms with Gasteiger partial charge in [0, 0.05) is 25.6 Å². The third kappa shape index (κ3) is 2.21. The van der Waals surface area contributed by atoms with Gasteiger partial charge in [0.25, 0.3) is 0 Å². The molecule has 1 aliphatic heterocycles. The van der Waals surface area contributed by atoms with Gasteiger partial charge in [0.1, 0.15) is 0 Å². The highest BCUT2D eigenvalue weighted by Gasteiger charge is 2.29. The Balaban J connectivity index is 2.62. The number of amides is 3. The van der Waals surface area contributed by atoms with Crippen molar-refractivity contribution in [1.82, 2.24) is 10.2 Å². The number of hydrogen-bond acceptors (Lipinski definition) is 3. The van der Waals surface area contributed by atoms with Crippen molar-refractivity contribution in [2.45, 2.75) is 19.4 Å². The zero-order chi connectivity index (χ0) is 10.7. The van der Waals surface area contributed by atoms with Gasteiger partial charge >= 0.3 is 11.8 Å². The summed E-state index contributed by atoms with van der Waals surface area (Å²) >= 11 is 0. The van der Waals surface area contributed by atoms with Crippen LogP contribution in [0, 0.1) is 0 Å². The van der Waals surface area contributed by atoms with Gasteiger partial charge in [-0.3, -0.25) is 14.4 Å². The van der Waals surface area contributed by atoms with Gasteiger partial charge in [-0.2, -0.15) is 0 Å². The highest BCUT2D eigenvalue weighted by molar-refractivity contribution is 6.35. The first-order chi connectivity index (χ1) is 6.52. The van der Waals surface area contributed by atoms with Crippen molar-refractivity contribution in [1.29, 1.82) is 0 Å². The maximum absolute atomic E-state index is 11.3. The van der Waals surface area contributed by atoms with Crippen molar-refractivity contribution < 1.29 is 14.4 Å². The molecule has 0 aromatic heterocycles. The number of carbonyl (C=O) groups excluding carboxylic acids is 3. The molecule has 14 heavy (non-hydrogen) atoms. The number of primary amides is 1. The molecule has 6 nitrogen and oxygen atoms in total. The standard InChI is InChI=1S/C8H13N3O3/c1-5(4-6(9)12)11-3-2-10-7(13)8(11)14/h5H,2-4H2,1H3,(H2,9,12)(H,10,13). The predicted octanol–water partition coefficient (Wildman–Crippen LogP) is -1.79. The third-order valence-electron chi connectivity index (χ3n) is 2.12. The summed E-state index contributed by atoms with van der Waals surface area (Å²) in [5, 5.41) is 2.42. The van der Waals surface area contributed by atoms with Crippen LogP contribution in [-0.2, 0) is 14.4 Å². The van der Waals surface area contributed by atoms with E-state index < -0.39 is 17.7 Å². The van der Waals surface area contributed by atoms with Crippen LogP contribution < -0.4 is 11.1 Å². The molecular formula is C8H13N3O3. The fraction of sp³-hybridized carbons (Fsp3) is 0.625. The monoisotopic (exact) mass is 199 g/mol. The molecule has 1 rings (SSSR count). The summed E-state index contributed by atoms with van der Waals surface area (Å²) in [6, 6.07) is -0.314. The molecule has 0 aromatic carbocycles. The molecule has 1 unspecified atom stereocenters. The van der Waals surface area contributed by atoms with Crippen LogP contribution in [0.25, 0.3) is 0 Å². The van der Waals surface area contributed by atoms with Gasteiger partial charge < -0.3 is 16.0 Å². The van der Waals surface area contributed by atoms with Crippen LogP contribution in [-0.4, -0.2) is 41.8 Å². The molecule has 0 aliphatic carbocycles. The molecule has 78 valence electrons. The van der Waals surface area contributed by atoms with Gasteiger partial charge in [0.05, 0.1) is 0 Å². The average Bonchev–Trinajstić information content (AvgIpc) is 2.08. The molecule has 1 saturated heterocycles. The summed E-state index contributed by atoms with van der Waals surface area (Å²) in [6.45, 7) is 2.55. The Bertz CT molecular complexity index is 277. The van der Waals surface area contributed by atoms with Crippen molar-refractivity contribution in [3.8, 4) is 0 Å². The largest absolute Gasteiger partial charge is 0.370 e. The molecule has 6 heteroatoms. The SMILES string of the molecule is CC(CC(N)=O)N1CCNC(=O)C1=O. The predicted molar refractivity (Wildman–Crippen MR) is 48.0 cm³/mol. The van der Waals surface area contributed by atoms with E-state index in [0.29, 0.717) is 13.1 Å². The Hall–Kier alpha value is -1.59. The first kappa shape index (κ1) is 10.5. The smallest absolute Gasteiger partial charge is 0.312 e. The number of hydrogen-bond donors (Lipinski definition) is 2. The van der Waals surface area contributed by atoms with E-state index >= 15 is 0 Å². The van der Waals surface area contributed by atoms with Gasteiger partial charge in [-0.15, -0.1) is 0 Å². The molecule has 1 aliphatic rings. The first-order valence-electron chi connectivity index (χ1n) is 4.39. The van der Waals surface area contributed by atoms with Crippen molar-refractivity contribution in [2.24, 2.45) is 5.73 Å². The Kier molecular flexibility index (Phi) is 3.06. The molecule has 0 saturated carbocycles. The van der Waals surface area contributed by atoms with E-state index in [1.54, 1.807) is 6.92 Å². The highest BCUT2D eigenvalue weighted by atomic mass is 16.2. The van der Waals surface area contributed by atoms with Crippen molar-refractivity contribution in [3.63, 3.8) is 0 Å². The zero-order valence-corrected chi connectivity index (χ0v) is 7.95. The second-order valence-corrected chi connectivity index (χ2v) is 3.27. The molecule has 0 aromatic rings. The van der Waals surface area contributed by atoms with Gasteiger partial charge in [0.15, 0.2) is 0 Å². The Morgan fingerprint density at radius 1 is 1.64 bits per heavy atom. The number of rotatable bonds is 3. The lowest BCUT2D eigenvalue weighted by Gasteiger charge is -2.31. The second kappa shape index (κ2) is 4.08. The highest BCUT2D eigenvalue weighted by Crippen LogP contribution is 2.06. The fourth-order valence-electron chi connectivity index (χ4n) is 1.42. The van der Waals surface area contributed by atoms with Crippen LogP contribution in [0.15, 0.2) is 0 Å². The van der Waals surface area contributed by atoms with Crippen molar-refractivity contribution >= 4 is 17.7 Å². The molecule has 1 fully saturated rings. The molecule has 0 radical (unpaired) electrons. The normalized spacial score (nSPS) is 19.1. The lowest BCUT2D eigenvalue weighted by atomic mass is 10.1. The first-order valence-corrected chi connectivity index (χ1v) is 4.39. The number of carbonyl (C=O) groups is 3. The maximum atomic E-state index is 11.3. The lowest BCUT2D eigenvalue weighted by Crippen LogP contribution is -2.55. The molecule has 1 atom stereocenters. The Morgan fingerprint density at radius 3 is 2.86 bits per heavy atom. The van der Waals surface area contributed by atoms with E-state index in [9.17, 15) is 14.4 Å². The lowest BCUT2D eigenvalue weighted by molar-refractivity contribution is -0.150. The quantitative estimate of drug-likeness (QED) is 0.526. The van der Waals surface area contributed by atoms with Gasteiger partial charge in [-0.05, 0) is 6.92 Å². The van der Waals surface area contributed by atoms with Crippen LogP contribution in [0.1, 0.15) is 13.3 Å². The topological polar surface area (TPSA) is 92.5 Å². The van der Waals surface area contributed by atoms with Gasteiger partial charge in [-0.25, -0.2) is 0 Å². The second-order valence-electron chi connectivity index (χ2n) is 3.27. The van der Waals surface area contributed by atoms with Crippen molar-refractivity contribution in [2.75, 3.05) is 13.1 Å². The van der Waals surface area contributed by atoms with Gasteiger partial charge in [0.2, 0.25) is 5.91 Å². The minimum Gasteiger partial charge on any atom is -0.370 e. The van der Waals surface area contributed by atoms with Crippen LogP contribution in [0.2, 0.25) is 0 Å². The summed E-state index contributed by atoms with van der Waals surface area (Å²) in [5.74, 6) is -1.69. The van der Waals surface area contributed by atoms with E-state index in [1.165, 1.54) is 4.90 Å². The van der Waals surface area contributed by atoms with Gasteiger partial charge in [-0.1, -0.05) is 0 Å². The average molecular weight is 199 g/mol. The number of nitrogens with zero attached hydrogens (tertiary/aromatic N) is 1. The minimum absolute atomic E-state index is 0.0824. The van der Waals surface area contributed by atoms with E-state index in [-0.39, 0.29) is 12.5 Å². The molecular weight excluding hydrogens is 186 g/mol. The Labute approximate surface area is 81.4 Å². The van der Waals surface area contributed by atoms with E-state index in [0.717, 1.165) is 0 Å². The fourth-order valence-corrected chi connectivity index (χ4v) is 1.42. The maximum Gasteiger partial charge on any atom is 0.312 e. The number of nitrogens with one attached hydrogen (secondary N) is 1. The van der Waals surface area contributed by atoms with Crippen LogP contribution >= 0.6 is 0 Å². The summed E-state index contributed by atoms with van der Waals surface area (Å²) in [4.78, 5) is 34.3. The summed E-state index contributed by atoms with van der Waals surface area (Å²) < 4.78 is 0. The molecule has 0 bridgehead atoms. The number of nitrogens with two attached hydrogens (primary N) is 1. The molecule has 1 heterocycles. The summed E-state index contributed by atoms with van der Waals surface area (Å²) in [6.07, 6.45) is 0.0824. The summed E-state index contributed by atoms with van der Waals surface area (Å²) in [5.41, 5.74) is 5.00. The summed E-state index contributed by atoms with van der Waals surface area (Å²) in [7, 11) is 0. The molecule has 3 N–H and O–H groups in total. The molecule has 0 spiro atoms. The van der Waals surface area contributed by atoms with E-state index in [1.807, 2.05) is 0 Å².